The Balaban J connectivity index is 4.13. The van der Waals surface area contributed by atoms with Gasteiger partial charge in [-0.2, -0.15) is 4.39 Å². The van der Waals surface area contributed by atoms with E-state index < -0.39 is 5.29 Å². The van der Waals surface area contributed by atoms with Gasteiger partial charge in [-0.3, -0.25) is 0 Å². The highest BCUT2D eigenvalue weighted by molar-refractivity contribution is 6.56. The van der Waals surface area contributed by atoms with Crippen LogP contribution in [0.1, 0.15) is 0 Å². The molecule has 4 heteroatoms. The highest BCUT2D eigenvalue weighted by Crippen LogP contribution is 2.08. The van der Waals surface area contributed by atoms with Gasteiger partial charge in [-0.15, -0.1) is 0 Å². The van der Waals surface area contributed by atoms with Crippen molar-refractivity contribution in [1.82, 2.24) is 0 Å². The highest BCUT2D eigenvalue weighted by Gasteiger charge is 1.80. The fourth-order valence-electron chi connectivity index (χ4n) is 0.0714. The Morgan fingerprint density at radius 3 is 1.71 bits per heavy atom. The van der Waals surface area contributed by atoms with E-state index in [1.807, 2.05) is 0 Å². The maximum absolute atomic E-state index is 11.3. The van der Waals surface area contributed by atoms with E-state index >= 15 is 0 Å². The lowest BCUT2D eigenvalue weighted by Crippen LogP contribution is -1.44. The summed E-state index contributed by atoms with van der Waals surface area (Å²) in [5, 5.41) is -1.04. The third-order valence-electron chi connectivity index (χ3n) is 0.189. The molecule has 0 atom stereocenters. The zero-order valence-electron chi connectivity index (χ0n) is 3.01. The monoisotopic (exact) mass is 160 g/mol. The van der Waals surface area contributed by atoms with Crippen molar-refractivity contribution in [1.29, 1.82) is 0 Å². The van der Waals surface area contributed by atoms with Crippen molar-refractivity contribution < 1.29 is 4.39 Å². The largest absolute Gasteiger partial charge is 0.234 e. The first-order valence-corrected chi connectivity index (χ1v) is 2.39. The van der Waals surface area contributed by atoms with Crippen molar-refractivity contribution in [2.45, 2.75) is 0 Å². The molecule has 0 bridgehead atoms. The average Bonchev–Trinajstić information content (AvgIpc) is 1.27. The van der Waals surface area contributed by atoms with E-state index in [1.54, 1.807) is 5.73 Å². The summed E-state index contributed by atoms with van der Waals surface area (Å²) in [6, 6.07) is 0. The summed E-state index contributed by atoms with van der Waals surface area (Å²) in [5.41, 5.74) is 1.77. The van der Waals surface area contributed by atoms with Crippen LogP contribution in [0.2, 0.25) is 0 Å². The lowest BCUT2D eigenvalue weighted by atomic mass is 10.9. The van der Waals surface area contributed by atoms with Crippen LogP contribution in [0.5, 0.6) is 0 Å². The summed E-state index contributed by atoms with van der Waals surface area (Å²) in [7, 11) is 0. The van der Waals surface area contributed by atoms with Gasteiger partial charge in [0.2, 0.25) is 5.29 Å². The van der Waals surface area contributed by atoms with Crippen LogP contribution in [0.3, 0.4) is 0 Å². The molecule has 40 valence electrons. The Morgan fingerprint density at radius 2 is 1.71 bits per heavy atom. The van der Waals surface area contributed by atoms with Gasteiger partial charge in [0, 0.05) is 0 Å². The maximum Gasteiger partial charge on any atom is 0.234 e. The standard InChI is InChI=1S/C3Cl3F/c4-2(5)1-3(6)7. The SMILES string of the molecule is FC(Cl)=C=C(Cl)Cl. The van der Waals surface area contributed by atoms with E-state index in [0.29, 0.717) is 0 Å². The molecule has 0 aliphatic rings. The maximum atomic E-state index is 11.3. The lowest BCUT2D eigenvalue weighted by molar-refractivity contribution is 0.697. The van der Waals surface area contributed by atoms with Crippen LogP contribution in [0.15, 0.2) is 15.5 Å². The van der Waals surface area contributed by atoms with Crippen LogP contribution in [0.25, 0.3) is 0 Å². The summed E-state index contributed by atoms with van der Waals surface area (Å²) >= 11 is 14.4. The van der Waals surface area contributed by atoms with Crippen LogP contribution < -0.4 is 0 Å². The third kappa shape index (κ3) is 6.32. The predicted octanol–water partition coefficient (Wildman–Crippen LogP) is 2.95. The smallest absolute Gasteiger partial charge is 0.184 e. The topological polar surface area (TPSA) is 0 Å². The Kier molecular flexibility index (Phi) is 3.49. The number of hydrogen-bond donors (Lipinski definition) is 0. The molecular weight excluding hydrogens is 161 g/mol. The molecule has 0 heterocycles. The number of rotatable bonds is 0. The second-order valence-electron chi connectivity index (χ2n) is 0.646. The molecule has 0 radical (unpaired) electrons. The Labute approximate surface area is 55.2 Å². The van der Waals surface area contributed by atoms with Crippen molar-refractivity contribution in [3.8, 4) is 0 Å². The molecular formula is C3Cl3F. The van der Waals surface area contributed by atoms with Crippen molar-refractivity contribution in [2.24, 2.45) is 0 Å². The van der Waals surface area contributed by atoms with E-state index in [4.69, 9.17) is 23.2 Å². The van der Waals surface area contributed by atoms with Gasteiger partial charge in [0.15, 0.2) is 4.49 Å². The van der Waals surface area contributed by atoms with E-state index in [0.717, 1.165) is 0 Å². The number of hydrogen-bond acceptors (Lipinski definition) is 0. The van der Waals surface area contributed by atoms with Crippen LogP contribution in [-0.4, -0.2) is 0 Å². The summed E-state index contributed by atoms with van der Waals surface area (Å²) in [6.45, 7) is 0. The third-order valence-corrected chi connectivity index (χ3v) is 0.472. The van der Waals surface area contributed by atoms with Crippen LogP contribution in [0.4, 0.5) is 4.39 Å². The molecule has 0 aromatic rings. The normalized spacial score (nSPS) is 7.43. The molecule has 0 spiro atoms. The average molecular weight is 161 g/mol. The molecule has 0 aliphatic heterocycles. The van der Waals surface area contributed by atoms with Gasteiger partial charge in [0.25, 0.3) is 0 Å². The molecule has 0 unspecified atom stereocenters. The minimum atomic E-state index is -1.04. The van der Waals surface area contributed by atoms with Gasteiger partial charge < -0.3 is 0 Å². The summed E-state index contributed by atoms with van der Waals surface area (Å²) in [5.74, 6) is 0. The molecule has 0 aromatic heterocycles. The van der Waals surface area contributed by atoms with Crippen LogP contribution >= 0.6 is 34.8 Å². The second-order valence-corrected chi connectivity index (χ2v) is 1.93. The van der Waals surface area contributed by atoms with Gasteiger partial charge in [-0.1, -0.05) is 23.2 Å². The molecule has 0 aliphatic carbocycles. The summed E-state index contributed by atoms with van der Waals surface area (Å²) < 4.78 is 11.0. The fourth-order valence-corrected chi connectivity index (χ4v) is 0.429. The molecule has 0 amide bonds. The minimum absolute atomic E-state index is 0.312. The zero-order valence-corrected chi connectivity index (χ0v) is 5.28. The molecule has 7 heavy (non-hydrogen) atoms. The molecule has 0 N–H and O–H groups in total. The first kappa shape index (κ1) is 7.32. The van der Waals surface area contributed by atoms with Crippen LogP contribution in [-0.2, 0) is 0 Å². The molecule has 0 rings (SSSR count). The molecule has 0 aromatic carbocycles. The van der Waals surface area contributed by atoms with E-state index in [-0.39, 0.29) is 4.49 Å². The molecule has 0 nitrogen and oxygen atoms in total. The van der Waals surface area contributed by atoms with Crippen molar-refractivity contribution in [3.63, 3.8) is 0 Å². The van der Waals surface area contributed by atoms with Gasteiger partial charge >= 0.3 is 0 Å². The molecule has 0 saturated heterocycles. The Hall–Kier alpha value is 0.320. The first-order chi connectivity index (χ1) is 3.13. The lowest BCUT2D eigenvalue weighted by Gasteiger charge is -1.68. The molecule has 0 fully saturated rings. The first-order valence-electron chi connectivity index (χ1n) is 1.26. The predicted molar refractivity (Wildman–Crippen MR) is 29.2 cm³/mol. The van der Waals surface area contributed by atoms with Crippen LogP contribution in [0, 0.1) is 0 Å². The summed E-state index contributed by atoms with van der Waals surface area (Å²) in [6.07, 6.45) is 0. The quantitative estimate of drug-likeness (QED) is 0.479. The van der Waals surface area contributed by atoms with Crippen molar-refractivity contribution in [3.05, 3.63) is 15.5 Å². The zero-order chi connectivity index (χ0) is 5.86. The summed E-state index contributed by atoms with van der Waals surface area (Å²) in [4.78, 5) is 0. The van der Waals surface area contributed by atoms with E-state index in [1.165, 1.54) is 0 Å². The minimum Gasteiger partial charge on any atom is -0.184 e. The van der Waals surface area contributed by atoms with E-state index in [2.05, 4.69) is 11.6 Å². The van der Waals surface area contributed by atoms with Gasteiger partial charge in [-0.05, 0) is 17.3 Å². The fraction of sp³-hybridized carbons (Fsp3) is 0. The highest BCUT2D eigenvalue weighted by atomic mass is 35.5. The van der Waals surface area contributed by atoms with Crippen molar-refractivity contribution in [2.75, 3.05) is 0 Å². The second kappa shape index (κ2) is 3.34. The van der Waals surface area contributed by atoms with E-state index in [9.17, 15) is 4.39 Å². The number of halogens is 4. The van der Waals surface area contributed by atoms with Gasteiger partial charge in [0.1, 0.15) is 0 Å². The Bertz CT molecular complexity index is 102. The van der Waals surface area contributed by atoms with Crippen molar-refractivity contribution >= 4 is 34.8 Å². The van der Waals surface area contributed by atoms with Gasteiger partial charge in [0.05, 0.1) is 0 Å². The Morgan fingerprint density at radius 1 is 1.29 bits per heavy atom. The molecule has 0 saturated carbocycles. The van der Waals surface area contributed by atoms with Gasteiger partial charge in [-0.25, -0.2) is 0 Å².